The molecule has 1 atom stereocenters. The molecule has 1 aliphatic rings. The van der Waals surface area contributed by atoms with Crippen LogP contribution < -0.4 is 0 Å². The van der Waals surface area contributed by atoms with E-state index in [0.717, 1.165) is 9.13 Å². The van der Waals surface area contributed by atoms with E-state index in [1.54, 1.807) is 12.1 Å². The van der Waals surface area contributed by atoms with Crippen LogP contribution in [-0.2, 0) is 11.2 Å². The maximum Gasteiger partial charge on any atom is 0.521 e. The van der Waals surface area contributed by atoms with E-state index in [1.165, 1.54) is 12.1 Å². The third kappa shape index (κ3) is 3.25. The van der Waals surface area contributed by atoms with Gasteiger partial charge in [0.1, 0.15) is 11.4 Å². The van der Waals surface area contributed by atoms with E-state index < -0.39 is 38.3 Å². The highest BCUT2D eigenvalue weighted by atomic mass is 127. The van der Waals surface area contributed by atoms with E-state index in [9.17, 15) is 14.3 Å². The molecular formula is C18H15FIO3+. The maximum absolute atomic E-state index is 14.2. The largest absolute Gasteiger partial charge is 0.521 e. The summed E-state index contributed by atoms with van der Waals surface area (Å²) in [6.45, 7) is 0. The number of hydrogen-bond acceptors (Lipinski definition) is 2. The molecule has 0 aliphatic carbocycles. The molecule has 0 saturated carbocycles. The molecule has 118 valence electrons. The number of aliphatic hydroxyl groups is 1. The summed E-state index contributed by atoms with van der Waals surface area (Å²) in [5.41, 5.74) is 1.29. The molecule has 0 bridgehead atoms. The molecule has 1 heterocycles. The molecule has 2 N–H and O–H groups in total. The number of ether oxygens (including phenoxy) is 1. The van der Waals surface area contributed by atoms with Crippen LogP contribution in [0.3, 0.4) is 0 Å². The minimum absolute atomic E-state index is 0.157. The molecule has 0 spiro atoms. The highest BCUT2D eigenvalue weighted by Gasteiger charge is 2.48. The summed E-state index contributed by atoms with van der Waals surface area (Å²) in [4.78, 5) is 10.1. The molecular weight excluding hydrogens is 410 g/mol. The predicted octanol–water partition coefficient (Wildman–Crippen LogP) is 3.25. The highest BCUT2D eigenvalue weighted by Crippen LogP contribution is 2.35. The monoisotopic (exact) mass is 425 g/mol. The van der Waals surface area contributed by atoms with Crippen molar-refractivity contribution in [1.82, 2.24) is 0 Å². The van der Waals surface area contributed by atoms with Crippen LogP contribution in [0.4, 0.5) is 4.39 Å². The molecule has 5 heteroatoms. The minimum atomic E-state index is -1.69. The third-order valence-electron chi connectivity index (χ3n) is 3.55. The van der Waals surface area contributed by atoms with Crippen LogP contribution in [0.25, 0.3) is 5.57 Å². The molecule has 0 amide bonds. The summed E-state index contributed by atoms with van der Waals surface area (Å²) < 4.78 is 24.1. The number of benzene rings is 2. The zero-order chi connectivity index (χ0) is 16.4. The molecule has 3 rings (SSSR count). The van der Waals surface area contributed by atoms with Gasteiger partial charge in [-0.25, -0.2) is 4.39 Å². The van der Waals surface area contributed by atoms with Crippen LogP contribution in [0.15, 0.2) is 54.6 Å². The minimum Gasteiger partial charge on any atom is -0.335 e. The first-order valence-corrected chi connectivity index (χ1v) is 9.54. The maximum atomic E-state index is 14.2. The topological polar surface area (TPSA) is 50.9 Å². The van der Waals surface area contributed by atoms with Crippen molar-refractivity contribution in [2.24, 2.45) is 0 Å². The van der Waals surface area contributed by atoms with Gasteiger partial charge >= 0.3 is 11.8 Å². The molecule has 23 heavy (non-hydrogen) atoms. The van der Waals surface area contributed by atoms with Crippen molar-refractivity contribution in [3.63, 3.8) is 0 Å². The lowest BCUT2D eigenvalue weighted by atomic mass is 10.0. The Balaban J connectivity index is 2.01. The Morgan fingerprint density at radius 1 is 1.17 bits per heavy atom. The second-order valence-corrected chi connectivity index (χ2v) is 7.13. The molecule has 2 aromatic rings. The third-order valence-corrected chi connectivity index (χ3v) is 5.27. The van der Waals surface area contributed by atoms with Gasteiger partial charge in [-0.05, 0) is 17.7 Å². The first-order chi connectivity index (χ1) is 11.0. The zero-order valence-corrected chi connectivity index (χ0v) is 14.3. The van der Waals surface area contributed by atoms with E-state index in [-0.39, 0.29) is 17.6 Å². The predicted molar refractivity (Wildman–Crippen MR) is 97.3 cm³/mol. The quantitative estimate of drug-likeness (QED) is 0.465. The van der Waals surface area contributed by atoms with Crippen LogP contribution in [-0.4, -0.2) is 26.2 Å². The van der Waals surface area contributed by atoms with Crippen molar-refractivity contribution in [3.8, 4) is 0 Å². The van der Waals surface area contributed by atoms with Gasteiger partial charge in [-0.3, -0.25) is 4.74 Å². The molecule has 1 aliphatic heterocycles. The van der Waals surface area contributed by atoms with Crippen molar-refractivity contribution < 1.29 is 19.0 Å². The van der Waals surface area contributed by atoms with Crippen molar-refractivity contribution in [3.05, 3.63) is 75.1 Å². The average molecular weight is 425 g/mol. The Labute approximate surface area is 143 Å². The molecule has 1 unspecified atom stereocenters. The fraction of sp³-hybridized carbons (Fsp3) is 0.111. The number of hydrogen-bond donors (Lipinski definition) is 1. The lowest BCUT2D eigenvalue weighted by Crippen LogP contribution is -2.30. The van der Waals surface area contributed by atoms with Gasteiger partial charge in [-0.15, -0.1) is 0 Å². The SMILES string of the molecule is C=Ic1cccc(F)c1C1=CC(O)(Cc2ccccc2)OC1=[OH+]. The Bertz CT molecular complexity index is 801. The summed E-state index contributed by atoms with van der Waals surface area (Å²) in [5.74, 6) is -2.62. The summed E-state index contributed by atoms with van der Waals surface area (Å²) in [7, 11) is 0. The van der Waals surface area contributed by atoms with Gasteiger partial charge in [-0.2, -0.15) is 0 Å². The van der Waals surface area contributed by atoms with E-state index in [2.05, 4.69) is 4.51 Å². The Kier molecular flexibility index (Phi) is 4.41. The van der Waals surface area contributed by atoms with E-state index >= 15 is 0 Å². The van der Waals surface area contributed by atoms with Gasteiger partial charge in [0.25, 0.3) is 0 Å². The zero-order valence-electron chi connectivity index (χ0n) is 12.2. The Morgan fingerprint density at radius 3 is 2.61 bits per heavy atom. The fourth-order valence-corrected chi connectivity index (χ4v) is 3.95. The Morgan fingerprint density at radius 2 is 1.91 bits per heavy atom. The number of halogens is 2. The van der Waals surface area contributed by atoms with Gasteiger partial charge in [0, 0.05) is 15.2 Å². The van der Waals surface area contributed by atoms with Crippen LogP contribution in [0.5, 0.6) is 0 Å². The van der Waals surface area contributed by atoms with Crippen LogP contribution in [0.2, 0.25) is 0 Å². The molecule has 3 nitrogen and oxygen atoms in total. The van der Waals surface area contributed by atoms with Gasteiger partial charge in [0.15, 0.2) is 0 Å². The van der Waals surface area contributed by atoms with Gasteiger partial charge < -0.3 is 9.90 Å². The lowest BCUT2D eigenvalue weighted by molar-refractivity contribution is -0.0993. The molecule has 2 aromatic carbocycles. The molecule has 0 saturated heterocycles. The van der Waals surface area contributed by atoms with Crippen molar-refractivity contribution in [2.75, 3.05) is 0 Å². The summed E-state index contributed by atoms with van der Waals surface area (Å²) in [6, 6.07) is 14.0. The fourth-order valence-electron chi connectivity index (χ4n) is 2.56. The number of rotatable bonds is 4. The number of esters is 1. The number of carbonyl (C=O) groups excluding carboxylic acids is 1. The standard InChI is InChI=1S/C18H14FIO3/c1-20-15-9-5-8-14(19)16(15)13-11-18(22,23-17(13)21)10-12-6-3-2-4-7-12/h2-9,11,22H,1,10H2/p+1. The van der Waals surface area contributed by atoms with Crippen molar-refractivity contribution >= 4 is 36.8 Å². The first kappa shape index (κ1) is 16.0. The van der Waals surface area contributed by atoms with E-state index in [4.69, 9.17) is 4.74 Å². The van der Waals surface area contributed by atoms with E-state index in [0.29, 0.717) is 0 Å². The molecule has 0 radical (unpaired) electrons. The summed E-state index contributed by atoms with van der Waals surface area (Å²) >= 11 is -0.639. The second-order valence-electron chi connectivity index (χ2n) is 5.20. The molecule has 0 aromatic heterocycles. The van der Waals surface area contributed by atoms with Crippen molar-refractivity contribution in [2.45, 2.75) is 12.2 Å². The van der Waals surface area contributed by atoms with Crippen molar-refractivity contribution in [1.29, 1.82) is 0 Å². The van der Waals surface area contributed by atoms with Crippen LogP contribution in [0, 0.1) is 9.39 Å². The smallest absolute Gasteiger partial charge is 0.335 e. The molecule has 0 fully saturated rings. The van der Waals surface area contributed by atoms with Gasteiger partial charge in [-0.1, -0.05) is 61.6 Å². The van der Waals surface area contributed by atoms with E-state index in [1.807, 2.05) is 30.3 Å². The normalized spacial score (nSPS) is 20.3. The summed E-state index contributed by atoms with van der Waals surface area (Å²) in [5, 5.41) is 10.6. The lowest BCUT2D eigenvalue weighted by Gasteiger charge is -2.12. The summed E-state index contributed by atoms with van der Waals surface area (Å²) in [6.07, 6.45) is 1.53. The van der Waals surface area contributed by atoms with Crippen LogP contribution >= 0.6 is 20.7 Å². The average Bonchev–Trinajstić information content (AvgIpc) is 2.82. The van der Waals surface area contributed by atoms with Gasteiger partial charge in [0.2, 0.25) is 0 Å². The highest BCUT2D eigenvalue weighted by molar-refractivity contribution is 14.2. The Hall–Kier alpha value is -1.86. The number of cyclic esters (lactones) is 1. The second kappa shape index (κ2) is 6.33. The first-order valence-electron chi connectivity index (χ1n) is 6.94. The van der Waals surface area contributed by atoms with Crippen LogP contribution in [0.1, 0.15) is 11.1 Å². The van der Waals surface area contributed by atoms with Gasteiger partial charge in [0.05, 0.1) is 6.42 Å².